The molecule has 1 aromatic heterocycles. The molecule has 0 spiro atoms. The molecule has 2 aromatic rings. The molecule has 0 saturated heterocycles. The molecule has 116 valence electrons. The summed E-state index contributed by atoms with van der Waals surface area (Å²) in [5, 5.41) is 8.81. The number of carboxylic acids is 1. The molecule has 1 N–H and O–H groups in total. The van der Waals surface area contributed by atoms with Crippen molar-refractivity contribution in [2.24, 2.45) is 0 Å². The quantitative estimate of drug-likeness (QED) is 0.536. The summed E-state index contributed by atoms with van der Waals surface area (Å²) >= 11 is 0. The topological polar surface area (TPSA) is 59.4 Å². The van der Waals surface area contributed by atoms with Gasteiger partial charge in [-0.3, -0.25) is 0 Å². The van der Waals surface area contributed by atoms with Gasteiger partial charge in [0.25, 0.3) is 0 Å². The highest BCUT2D eigenvalue weighted by Crippen LogP contribution is 2.35. The van der Waals surface area contributed by atoms with Crippen molar-refractivity contribution in [1.29, 1.82) is 0 Å². The van der Waals surface area contributed by atoms with Crippen molar-refractivity contribution in [3.63, 3.8) is 0 Å². The fourth-order valence-electron chi connectivity index (χ4n) is 1.72. The zero-order valence-corrected chi connectivity index (χ0v) is 10.8. The van der Waals surface area contributed by atoms with Crippen molar-refractivity contribution in [2.75, 3.05) is 7.11 Å². The van der Waals surface area contributed by atoms with E-state index in [0.717, 1.165) is 19.2 Å². The number of ether oxygens (including phenoxy) is 1. The molecule has 9 heteroatoms. The van der Waals surface area contributed by atoms with Gasteiger partial charge in [-0.2, -0.15) is 0 Å². The molecule has 0 atom stereocenters. The van der Waals surface area contributed by atoms with Crippen LogP contribution in [0.25, 0.3) is 11.3 Å². The third-order valence-electron chi connectivity index (χ3n) is 2.74. The van der Waals surface area contributed by atoms with E-state index in [4.69, 9.17) is 9.84 Å². The molecule has 0 amide bonds. The minimum atomic E-state index is -2.33. The van der Waals surface area contributed by atoms with E-state index in [9.17, 15) is 26.7 Å². The number of rotatable bonds is 3. The molecule has 0 bridgehead atoms. The first-order valence-electron chi connectivity index (χ1n) is 5.59. The highest BCUT2D eigenvalue weighted by atomic mass is 19.2. The highest BCUT2D eigenvalue weighted by molar-refractivity contribution is 5.86. The largest absolute Gasteiger partial charge is 0.494 e. The number of benzene rings is 1. The summed E-state index contributed by atoms with van der Waals surface area (Å²) in [7, 11) is 1.06. The van der Waals surface area contributed by atoms with Crippen molar-refractivity contribution in [2.45, 2.75) is 0 Å². The number of aromatic carboxylic acids is 1. The summed E-state index contributed by atoms with van der Waals surface area (Å²) in [4.78, 5) is 14.2. The standard InChI is InChI=1S/C13H6F5NO3/c1-22-5-3-2-4(13(20)21)19-12(5)6-7(14)9(16)11(18)10(17)8(6)15/h2-3H,1H3,(H,20,21). The van der Waals surface area contributed by atoms with E-state index >= 15 is 0 Å². The van der Waals surface area contributed by atoms with Crippen LogP contribution in [-0.4, -0.2) is 23.2 Å². The second kappa shape index (κ2) is 5.58. The van der Waals surface area contributed by atoms with Crippen molar-refractivity contribution >= 4 is 5.97 Å². The summed E-state index contributed by atoms with van der Waals surface area (Å²) in [5.74, 6) is -12.8. The molecule has 0 saturated carbocycles. The zero-order chi connectivity index (χ0) is 16.6. The number of hydrogen-bond acceptors (Lipinski definition) is 3. The van der Waals surface area contributed by atoms with Crippen molar-refractivity contribution in [3.05, 3.63) is 46.9 Å². The van der Waals surface area contributed by atoms with E-state index in [1.54, 1.807) is 0 Å². The van der Waals surface area contributed by atoms with Crippen molar-refractivity contribution in [3.8, 4) is 17.0 Å². The number of carbonyl (C=O) groups is 1. The van der Waals surface area contributed by atoms with Gasteiger partial charge in [0.05, 0.1) is 12.7 Å². The van der Waals surface area contributed by atoms with E-state index in [-0.39, 0.29) is 5.75 Å². The number of nitrogens with zero attached hydrogens (tertiary/aromatic N) is 1. The van der Waals surface area contributed by atoms with Crippen LogP contribution in [0.2, 0.25) is 0 Å². The lowest BCUT2D eigenvalue weighted by atomic mass is 10.1. The lowest BCUT2D eigenvalue weighted by Gasteiger charge is -2.11. The summed E-state index contributed by atoms with van der Waals surface area (Å²) in [5.41, 5.74) is -2.83. The van der Waals surface area contributed by atoms with Crippen LogP contribution in [0.4, 0.5) is 22.0 Å². The lowest BCUT2D eigenvalue weighted by Crippen LogP contribution is -2.08. The third kappa shape index (κ3) is 2.34. The van der Waals surface area contributed by atoms with Gasteiger partial charge in [-0.15, -0.1) is 0 Å². The predicted molar refractivity (Wildman–Crippen MR) is 63.0 cm³/mol. The molecule has 0 unspecified atom stereocenters. The highest BCUT2D eigenvalue weighted by Gasteiger charge is 2.29. The molecule has 22 heavy (non-hydrogen) atoms. The molecule has 0 aliphatic carbocycles. The Labute approximate surface area is 119 Å². The monoisotopic (exact) mass is 319 g/mol. The predicted octanol–water partition coefficient (Wildman–Crippen LogP) is 3.15. The van der Waals surface area contributed by atoms with Gasteiger partial charge in [0.15, 0.2) is 23.3 Å². The van der Waals surface area contributed by atoms with Crippen molar-refractivity contribution in [1.82, 2.24) is 4.98 Å². The number of hydrogen-bond donors (Lipinski definition) is 1. The van der Waals surface area contributed by atoms with Gasteiger partial charge in [-0.05, 0) is 12.1 Å². The fraction of sp³-hybridized carbons (Fsp3) is 0.0769. The smallest absolute Gasteiger partial charge is 0.354 e. The molecule has 0 fully saturated rings. The molecular formula is C13H6F5NO3. The van der Waals surface area contributed by atoms with Gasteiger partial charge in [0.1, 0.15) is 17.1 Å². The van der Waals surface area contributed by atoms with E-state index in [2.05, 4.69) is 4.98 Å². The third-order valence-corrected chi connectivity index (χ3v) is 2.74. The molecule has 0 aliphatic rings. The Kier molecular flexibility index (Phi) is 3.98. The van der Waals surface area contributed by atoms with Gasteiger partial charge >= 0.3 is 5.97 Å². The van der Waals surface area contributed by atoms with Crippen LogP contribution in [0, 0.1) is 29.1 Å². The van der Waals surface area contributed by atoms with Gasteiger partial charge < -0.3 is 9.84 Å². The zero-order valence-electron chi connectivity index (χ0n) is 10.8. The number of carboxylic acid groups (broad SMARTS) is 1. The average Bonchev–Trinajstić information content (AvgIpc) is 2.51. The van der Waals surface area contributed by atoms with Crippen molar-refractivity contribution < 1.29 is 36.6 Å². The number of methoxy groups -OCH3 is 1. The summed E-state index contributed by atoms with van der Waals surface area (Å²) in [6.07, 6.45) is 0. The van der Waals surface area contributed by atoms with E-state index in [1.165, 1.54) is 0 Å². The van der Waals surface area contributed by atoms with Gasteiger partial charge in [0.2, 0.25) is 5.82 Å². The molecule has 4 nitrogen and oxygen atoms in total. The number of aromatic nitrogens is 1. The molecule has 2 rings (SSSR count). The average molecular weight is 319 g/mol. The fourth-order valence-corrected chi connectivity index (χ4v) is 1.72. The van der Waals surface area contributed by atoms with Crippen LogP contribution in [0.1, 0.15) is 10.5 Å². The van der Waals surface area contributed by atoms with Gasteiger partial charge in [-0.25, -0.2) is 31.7 Å². The van der Waals surface area contributed by atoms with Gasteiger partial charge in [-0.1, -0.05) is 0 Å². The Morgan fingerprint density at radius 2 is 1.50 bits per heavy atom. The maximum absolute atomic E-state index is 13.8. The Morgan fingerprint density at radius 3 is 1.95 bits per heavy atom. The molecule has 0 radical (unpaired) electrons. The van der Waals surface area contributed by atoms with E-state index in [1.807, 2.05) is 0 Å². The second-order valence-electron chi connectivity index (χ2n) is 4.00. The number of pyridine rings is 1. The molecular weight excluding hydrogens is 313 g/mol. The summed E-state index contributed by atoms with van der Waals surface area (Å²) < 4.78 is 71.8. The first kappa shape index (κ1) is 15.7. The van der Waals surface area contributed by atoms with E-state index in [0.29, 0.717) is 0 Å². The Balaban J connectivity index is 2.87. The Hall–Kier alpha value is -2.71. The summed E-state index contributed by atoms with van der Waals surface area (Å²) in [6, 6.07) is 1.94. The first-order valence-corrected chi connectivity index (χ1v) is 5.59. The maximum Gasteiger partial charge on any atom is 0.354 e. The second-order valence-corrected chi connectivity index (χ2v) is 4.00. The molecule has 0 aliphatic heterocycles. The first-order chi connectivity index (χ1) is 10.3. The van der Waals surface area contributed by atoms with Crippen LogP contribution in [-0.2, 0) is 0 Å². The minimum Gasteiger partial charge on any atom is -0.494 e. The minimum absolute atomic E-state index is 0.354. The van der Waals surface area contributed by atoms with Crippen LogP contribution < -0.4 is 4.74 Å². The van der Waals surface area contributed by atoms with Crippen LogP contribution in [0.5, 0.6) is 5.75 Å². The SMILES string of the molecule is COc1ccc(C(=O)O)nc1-c1c(F)c(F)c(F)c(F)c1F. The Bertz CT molecular complexity index is 750. The molecule has 1 heterocycles. The molecule has 1 aromatic carbocycles. The van der Waals surface area contributed by atoms with Gasteiger partial charge in [0, 0.05) is 0 Å². The van der Waals surface area contributed by atoms with Crippen LogP contribution in [0.15, 0.2) is 12.1 Å². The Morgan fingerprint density at radius 1 is 1.00 bits per heavy atom. The summed E-state index contributed by atoms with van der Waals surface area (Å²) in [6.45, 7) is 0. The normalized spacial score (nSPS) is 10.6. The van der Waals surface area contributed by atoms with Crippen LogP contribution >= 0.6 is 0 Å². The number of halogens is 5. The van der Waals surface area contributed by atoms with Crippen LogP contribution in [0.3, 0.4) is 0 Å². The van der Waals surface area contributed by atoms with E-state index < -0.39 is 52.0 Å². The maximum atomic E-state index is 13.8. The lowest BCUT2D eigenvalue weighted by molar-refractivity contribution is 0.0690.